The summed E-state index contributed by atoms with van der Waals surface area (Å²) in [4.78, 5) is 2.46. The maximum atomic E-state index is 6.75. The van der Waals surface area contributed by atoms with E-state index < -0.39 is 0 Å². The van der Waals surface area contributed by atoms with Gasteiger partial charge in [0.25, 0.3) is 0 Å². The summed E-state index contributed by atoms with van der Waals surface area (Å²) in [5.74, 6) is 1.38. The summed E-state index contributed by atoms with van der Waals surface area (Å²) in [6.45, 7) is 4.86. The lowest BCUT2D eigenvalue weighted by molar-refractivity contribution is 0.443. The molecule has 0 spiro atoms. The SMILES string of the molecule is CC1(C)c2cc(C3CCCCC3)ccc2-c2ccc(N(c3ccccc3-c3ccc(C4CCCCC4)cc3)c3cccc4c3oc3ccccc34)cc21. The smallest absolute Gasteiger partial charge is 0.159 e. The van der Waals surface area contributed by atoms with Crippen LogP contribution in [0.3, 0.4) is 0 Å². The Morgan fingerprint density at radius 3 is 1.89 bits per heavy atom. The minimum atomic E-state index is -0.114. The van der Waals surface area contributed by atoms with Crippen LogP contribution in [-0.2, 0) is 5.41 Å². The Morgan fingerprint density at radius 2 is 1.11 bits per heavy atom. The fourth-order valence-electron chi connectivity index (χ4n) is 10.2. The monoisotopic (exact) mass is 691 g/mol. The van der Waals surface area contributed by atoms with Gasteiger partial charge in [-0.1, -0.05) is 149 Å². The lowest BCUT2D eigenvalue weighted by Crippen LogP contribution is -2.17. The zero-order chi connectivity index (χ0) is 35.5. The first kappa shape index (κ1) is 32.6. The molecule has 1 aromatic heterocycles. The van der Waals surface area contributed by atoms with Crippen molar-refractivity contribution in [3.63, 3.8) is 0 Å². The molecule has 7 aromatic rings. The molecule has 10 rings (SSSR count). The molecule has 6 aromatic carbocycles. The molecule has 3 aliphatic carbocycles. The molecular weight excluding hydrogens is 643 g/mol. The molecular formula is C51H49NO. The summed E-state index contributed by atoms with van der Waals surface area (Å²) in [6, 6.07) is 48.1. The van der Waals surface area contributed by atoms with Gasteiger partial charge in [-0.05, 0) is 107 Å². The third-order valence-corrected chi connectivity index (χ3v) is 13.1. The van der Waals surface area contributed by atoms with Crippen LogP contribution in [0, 0.1) is 0 Å². The summed E-state index contributed by atoms with van der Waals surface area (Å²) >= 11 is 0. The van der Waals surface area contributed by atoms with Crippen molar-refractivity contribution >= 4 is 39.0 Å². The summed E-state index contributed by atoms with van der Waals surface area (Å²) < 4.78 is 6.75. The van der Waals surface area contributed by atoms with Gasteiger partial charge in [-0.3, -0.25) is 0 Å². The molecule has 1 heterocycles. The molecule has 53 heavy (non-hydrogen) atoms. The molecule has 0 amide bonds. The topological polar surface area (TPSA) is 16.4 Å². The number of para-hydroxylation sites is 3. The van der Waals surface area contributed by atoms with E-state index in [9.17, 15) is 0 Å². The highest BCUT2D eigenvalue weighted by Gasteiger charge is 2.37. The van der Waals surface area contributed by atoms with E-state index in [1.165, 1.54) is 109 Å². The lowest BCUT2D eigenvalue weighted by atomic mass is 9.79. The van der Waals surface area contributed by atoms with E-state index in [-0.39, 0.29) is 5.41 Å². The van der Waals surface area contributed by atoms with Crippen LogP contribution in [0.1, 0.15) is 112 Å². The second-order valence-electron chi connectivity index (χ2n) is 16.6. The van der Waals surface area contributed by atoms with Gasteiger partial charge in [0.05, 0.1) is 11.4 Å². The fraction of sp³-hybridized carbons (Fsp3) is 0.294. The Kier molecular flexibility index (Phi) is 8.05. The van der Waals surface area contributed by atoms with E-state index >= 15 is 0 Å². The van der Waals surface area contributed by atoms with Crippen LogP contribution in [0.5, 0.6) is 0 Å². The number of furan rings is 1. The van der Waals surface area contributed by atoms with Gasteiger partial charge in [0.15, 0.2) is 5.58 Å². The van der Waals surface area contributed by atoms with Crippen molar-refractivity contribution in [3.8, 4) is 22.3 Å². The number of nitrogens with zero attached hydrogens (tertiary/aromatic N) is 1. The van der Waals surface area contributed by atoms with Crippen LogP contribution in [0.15, 0.2) is 132 Å². The van der Waals surface area contributed by atoms with E-state index in [0.29, 0.717) is 11.8 Å². The number of rotatable bonds is 6. The molecule has 0 aliphatic heterocycles. The van der Waals surface area contributed by atoms with Crippen LogP contribution >= 0.6 is 0 Å². The quantitative estimate of drug-likeness (QED) is 0.173. The largest absolute Gasteiger partial charge is 0.454 e. The number of hydrogen-bond donors (Lipinski definition) is 0. The average molecular weight is 692 g/mol. The number of benzene rings is 6. The Balaban J connectivity index is 1.13. The van der Waals surface area contributed by atoms with Crippen LogP contribution in [-0.4, -0.2) is 0 Å². The first-order chi connectivity index (χ1) is 26.0. The van der Waals surface area contributed by atoms with Gasteiger partial charge in [-0.15, -0.1) is 0 Å². The highest BCUT2D eigenvalue weighted by Crippen LogP contribution is 2.53. The van der Waals surface area contributed by atoms with Gasteiger partial charge in [-0.2, -0.15) is 0 Å². The predicted molar refractivity (Wildman–Crippen MR) is 223 cm³/mol. The van der Waals surface area contributed by atoms with E-state index in [1.54, 1.807) is 0 Å². The summed E-state index contributed by atoms with van der Waals surface area (Å²) in [7, 11) is 0. The lowest BCUT2D eigenvalue weighted by Gasteiger charge is -2.30. The Labute approximate surface area is 314 Å². The molecule has 0 bridgehead atoms. The molecule has 0 unspecified atom stereocenters. The van der Waals surface area contributed by atoms with Crippen molar-refractivity contribution in [1.82, 2.24) is 0 Å². The van der Waals surface area contributed by atoms with Crippen molar-refractivity contribution in [2.45, 2.75) is 95.3 Å². The standard InChI is InChI=1S/C51H49NO/c1-51(2)45-32-38(35-16-7-4-8-17-35)28-30-41(45)42-31-29-39(33-46(42)51)52(48-22-13-20-44-43-19-10-12-23-49(43)53-50(44)48)47-21-11-9-18-40(47)37-26-24-36(25-27-37)34-14-5-3-6-15-34/h9-13,18-35H,3-8,14-17H2,1-2H3. The van der Waals surface area contributed by atoms with Gasteiger partial charge in [0.2, 0.25) is 0 Å². The molecule has 0 saturated heterocycles. The summed E-state index contributed by atoms with van der Waals surface area (Å²) in [5.41, 5.74) is 16.2. The Hall–Kier alpha value is -5.08. The summed E-state index contributed by atoms with van der Waals surface area (Å²) in [5, 5.41) is 2.29. The first-order valence-electron chi connectivity index (χ1n) is 20.2. The summed E-state index contributed by atoms with van der Waals surface area (Å²) in [6.07, 6.45) is 13.4. The van der Waals surface area contributed by atoms with Crippen molar-refractivity contribution < 1.29 is 4.42 Å². The molecule has 264 valence electrons. The highest BCUT2D eigenvalue weighted by atomic mass is 16.3. The van der Waals surface area contributed by atoms with Gasteiger partial charge in [-0.25, -0.2) is 0 Å². The molecule has 2 heteroatoms. The molecule has 2 saturated carbocycles. The maximum absolute atomic E-state index is 6.75. The molecule has 2 nitrogen and oxygen atoms in total. The average Bonchev–Trinajstić information content (AvgIpc) is 3.71. The highest BCUT2D eigenvalue weighted by molar-refractivity contribution is 6.10. The molecule has 0 N–H and O–H groups in total. The van der Waals surface area contributed by atoms with E-state index in [0.717, 1.165) is 39.0 Å². The second kappa shape index (κ2) is 13.1. The van der Waals surface area contributed by atoms with Gasteiger partial charge in [0.1, 0.15) is 5.58 Å². The Bertz CT molecular complexity index is 2450. The van der Waals surface area contributed by atoms with Crippen LogP contribution in [0.2, 0.25) is 0 Å². The van der Waals surface area contributed by atoms with Gasteiger partial charge >= 0.3 is 0 Å². The first-order valence-corrected chi connectivity index (χ1v) is 20.2. The van der Waals surface area contributed by atoms with Crippen LogP contribution in [0.4, 0.5) is 17.1 Å². The van der Waals surface area contributed by atoms with Gasteiger partial charge < -0.3 is 9.32 Å². The minimum absolute atomic E-state index is 0.114. The van der Waals surface area contributed by atoms with E-state index in [4.69, 9.17) is 4.42 Å². The van der Waals surface area contributed by atoms with Crippen molar-refractivity contribution in [3.05, 3.63) is 150 Å². The van der Waals surface area contributed by atoms with Crippen molar-refractivity contribution in [1.29, 1.82) is 0 Å². The normalized spacial score (nSPS) is 17.2. The predicted octanol–water partition coefficient (Wildman–Crippen LogP) is 15.1. The van der Waals surface area contributed by atoms with E-state index in [1.807, 2.05) is 0 Å². The van der Waals surface area contributed by atoms with Crippen molar-refractivity contribution in [2.24, 2.45) is 0 Å². The zero-order valence-electron chi connectivity index (χ0n) is 31.2. The molecule has 2 fully saturated rings. The minimum Gasteiger partial charge on any atom is -0.454 e. The van der Waals surface area contributed by atoms with Crippen LogP contribution < -0.4 is 4.90 Å². The number of hydrogen-bond acceptors (Lipinski definition) is 2. The van der Waals surface area contributed by atoms with Crippen molar-refractivity contribution in [2.75, 3.05) is 4.90 Å². The second-order valence-corrected chi connectivity index (χ2v) is 16.6. The third-order valence-electron chi connectivity index (χ3n) is 13.1. The fourth-order valence-corrected chi connectivity index (χ4v) is 10.2. The molecule has 3 aliphatic rings. The molecule has 0 radical (unpaired) electrons. The number of fused-ring (bicyclic) bond motifs is 6. The van der Waals surface area contributed by atoms with E-state index in [2.05, 4.69) is 146 Å². The third kappa shape index (κ3) is 5.52. The molecule has 0 atom stereocenters. The number of anilines is 3. The Morgan fingerprint density at radius 1 is 0.509 bits per heavy atom. The maximum Gasteiger partial charge on any atom is 0.159 e. The van der Waals surface area contributed by atoms with Gasteiger partial charge in [0, 0.05) is 27.4 Å². The zero-order valence-corrected chi connectivity index (χ0v) is 31.2. The van der Waals surface area contributed by atoms with Crippen LogP contribution in [0.25, 0.3) is 44.2 Å².